The molecular formula is C13H21ClN6. The van der Waals surface area contributed by atoms with Gasteiger partial charge >= 0.3 is 0 Å². The van der Waals surface area contributed by atoms with Gasteiger partial charge < -0.3 is 10.2 Å². The van der Waals surface area contributed by atoms with E-state index in [0.717, 1.165) is 13.1 Å². The standard InChI is InChI=1S/C13H21ClN6/c1-15-12-16-11(14)17-13(18-12)20-8-5-10(9-20)19-6-3-2-4-7-19/h10H,2-9H2,1H3,(H,15,16,17,18). The van der Waals surface area contributed by atoms with E-state index in [-0.39, 0.29) is 5.28 Å². The molecule has 2 aliphatic rings. The van der Waals surface area contributed by atoms with E-state index in [2.05, 4.69) is 30.1 Å². The van der Waals surface area contributed by atoms with Crippen LogP contribution >= 0.6 is 11.6 Å². The van der Waals surface area contributed by atoms with E-state index in [1.54, 1.807) is 7.05 Å². The molecule has 0 spiro atoms. The maximum atomic E-state index is 5.95. The molecule has 0 amide bonds. The predicted octanol–water partition coefficient (Wildman–Crippen LogP) is 1.63. The zero-order valence-electron chi connectivity index (χ0n) is 11.8. The van der Waals surface area contributed by atoms with Crippen LogP contribution in [0, 0.1) is 0 Å². The molecule has 7 heteroatoms. The van der Waals surface area contributed by atoms with Crippen molar-refractivity contribution in [2.75, 3.05) is 43.4 Å². The first-order chi connectivity index (χ1) is 9.76. The molecule has 0 saturated carbocycles. The summed E-state index contributed by atoms with van der Waals surface area (Å²) in [5.74, 6) is 1.22. The predicted molar refractivity (Wildman–Crippen MR) is 80.4 cm³/mol. The highest BCUT2D eigenvalue weighted by atomic mass is 35.5. The summed E-state index contributed by atoms with van der Waals surface area (Å²) in [5, 5.41) is 3.17. The number of aromatic nitrogens is 3. The number of halogens is 1. The lowest BCUT2D eigenvalue weighted by Gasteiger charge is -2.32. The van der Waals surface area contributed by atoms with Gasteiger partial charge in [-0.1, -0.05) is 6.42 Å². The second-order valence-electron chi connectivity index (χ2n) is 5.46. The van der Waals surface area contributed by atoms with E-state index in [0.29, 0.717) is 17.9 Å². The molecule has 3 heterocycles. The number of anilines is 2. The molecule has 1 atom stereocenters. The maximum Gasteiger partial charge on any atom is 0.231 e. The second kappa shape index (κ2) is 6.10. The van der Waals surface area contributed by atoms with E-state index >= 15 is 0 Å². The Labute approximate surface area is 124 Å². The summed E-state index contributed by atoms with van der Waals surface area (Å²) in [4.78, 5) is 17.5. The van der Waals surface area contributed by atoms with E-state index in [9.17, 15) is 0 Å². The molecule has 1 aromatic heterocycles. The number of hydrogen-bond donors (Lipinski definition) is 1. The van der Waals surface area contributed by atoms with Crippen molar-refractivity contribution >= 4 is 23.5 Å². The smallest absolute Gasteiger partial charge is 0.231 e. The molecule has 1 unspecified atom stereocenters. The van der Waals surface area contributed by atoms with Gasteiger partial charge in [0.2, 0.25) is 17.2 Å². The average Bonchev–Trinajstić information content (AvgIpc) is 2.97. The molecule has 0 aliphatic carbocycles. The van der Waals surface area contributed by atoms with Gasteiger partial charge in [-0.25, -0.2) is 0 Å². The number of likely N-dealkylation sites (tertiary alicyclic amines) is 1. The molecule has 2 fully saturated rings. The number of nitrogens with zero attached hydrogens (tertiary/aromatic N) is 5. The Balaban J connectivity index is 1.68. The molecule has 1 aromatic rings. The van der Waals surface area contributed by atoms with Gasteiger partial charge in [0.1, 0.15) is 0 Å². The van der Waals surface area contributed by atoms with Crippen LogP contribution in [0.15, 0.2) is 0 Å². The lowest BCUT2D eigenvalue weighted by Crippen LogP contribution is -2.41. The Bertz CT molecular complexity index is 462. The summed E-state index contributed by atoms with van der Waals surface area (Å²) < 4.78 is 0. The quantitative estimate of drug-likeness (QED) is 0.915. The van der Waals surface area contributed by atoms with Crippen LogP contribution in [0.4, 0.5) is 11.9 Å². The first-order valence-electron chi connectivity index (χ1n) is 7.34. The van der Waals surface area contributed by atoms with E-state index in [1.165, 1.54) is 38.8 Å². The van der Waals surface area contributed by atoms with Crippen molar-refractivity contribution in [2.24, 2.45) is 0 Å². The number of nitrogens with one attached hydrogen (secondary N) is 1. The van der Waals surface area contributed by atoms with Crippen molar-refractivity contribution in [3.05, 3.63) is 5.28 Å². The van der Waals surface area contributed by atoms with Crippen molar-refractivity contribution in [3.63, 3.8) is 0 Å². The first kappa shape index (κ1) is 13.8. The molecule has 110 valence electrons. The SMILES string of the molecule is CNc1nc(Cl)nc(N2CCC(N3CCCCC3)C2)n1. The number of rotatable bonds is 3. The van der Waals surface area contributed by atoms with E-state index in [4.69, 9.17) is 11.6 Å². The highest BCUT2D eigenvalue weighted by Gasteiger charge is 2.30. The molecule has 3 rings (SSSR count). The largest absolute Gasteiger partial charge is 0.357 e. The lowest BCUT2D eigenvalue weighted by molar-refractivity contribution is 0.174. The van der Waals surface area contributed by atoms with Gasteiger partial charge in [-0.3, -0.25) is 4.90 Å². The van der Waals surface area contributed by atoms with Crippen molar-refractivity contribution in [2.45, 2.75) is 31.7 Å². The molecule has 2 saturated heterocycles. The summed E-state index contributed by atoms with van der Waals surface area (Å²) in [5.41, 5.74) is 0. The highest BCUT2D eigenvalue weighted by molar-refractivity contribution is 6.28. The zero-order chi connectivity index (χ0) is 13.9. The van der Waals surface area contributed by atoms with Gasteiger partial charge in [-0.2, -0.15) is 15.0 Å². The molecule has 2 aliphatic heterocycles. The summed E-state index contributed by atoms with van der Waals surface area (Å²) in [6.07, 6.45) is 5.22. The van der Waals surface area contributed by atoms with Crippen LogP contribution in [0.3, 0.4) is 0 Å². The van der Waals surface area contributed by atoms with Crippen molar-refractivity contribution in [3.8, 4) is 0 Å². The maximum absolute atomic E-state index is 5.95. The first-order valence-corrected chi connectivity index (χ1v) is 7.72. The Morgan fingerprint density at radius 2 is 1.90 bits per heavy atom. The molecule has 0 aromatic carbocycles. The topological polar surface area (TPSA) is 57.2 Å². The minimum Gasteiger partial charge on any atom is -0.357 e. The van der Waals surface area contributed by atoms with Crippen molar-refractivity contribution in [1.82, 2.24) is 19.9 Å². The summed E-state index contributed by atoms with van der Waals surface area (Å²) in [6, 6.07) is 0.629. The number of piperidine rings is 1. The van der Waals surface area contributed by atoms with Crippen molar-refractivity contribution < 1.29 is 0 Å². The van der Waals surface area contributed by atoms with Crippen LogP contribution in [0.25, 0.3) is 0 Å². The average molecular weight is 297 g/mol. The molecule has 6 nitrogen and oxygen atoms in total. The van der Waals surface area contributed by atoms with Crippen LogP contribution in [0.1, 0.15) is 25.7 Å². The monoisotopic (exact) mass is 296 g/mol. The van der Waals surface area contributed by atoms with Gasteiger partial charge in [0, 0.05) is 26.2 Å². The Morgan fingerprint density at radius 3 is 2.65 bits per heavy atom. The van der Waals surface area contributed by atoms with Crippen LogP contribution in [0.5, 0.6) is 0 Å². The third-order valence-corrected chi connectivity index (χ3v) is 4.34. The van der Waals surface area contributed by atoms with Crippen LogP contribution < -0.4 is 10.2 Å². The van der Waals surface area contributed by atoms with Gasteiger partial charge in [0.25, 0.3) is 0 Å². The fourth-order valence-electron chi connectivity index (χ4n) is 3.10. The second-order valence-corrected chi connectivity index (χ2v) is 5.80. The normalized spacial score (nSPS) is 24.1. The van der Waals surface area contributed by atoms with Crippen LogP contribution in [0.2, 0.25) is 5.28 Å². The van der Waals surface area contributed by atoms with Gasteiger partial charge in [0.05, 0.1) is 0 Å². The zero-order valence-corrected chi connectivity index (χ0v) is 12.6. The Hall–Kier alpha value is -1.14. The van der Waals surface area contributed by atoms with E-state index < -0.39 is 0 Å². The van der Waals surface area contributed by atoms with Gasteiger partial charge in [0.15, 0.2) is 0 Å². The summed E-state index contributed by atoms with van der Waals surface area (Å²) in [6.45, 7) is 4.45. The number of hydrogen-bond acceptors (Lipinski definition) is 6. The van der Waals surface area contributed by atoms with Gasteiger partial charge in [-0.05, 0) is 44.0 Å². The summed E-state index contributed by atoms with van der Waals surface area (Å²) in [7, 11) is 1.79. The third-order valence-electron chi connectivity index (χ3n) is 4.17. The van der Waals surface area contributed by atoms with Crippen molar-refractivity contribution in [1.29, 1.82) is 0 Å². The molecular weight excluding hydrogens is 276 g/mol. The fourth-order valence-corrected chi connectivity index (χ4v) is 3.25. The van der Waals surface area contributed by atoms with Gasteiger partial charge in [-0.15, -0.1) is 0 Å². The van der Waals surface area contributed by atoms with E-state index in [1.807, 2.05) is 0 Å². The lowest BCUT2D eigenvalue weighted by atomic mass is 10.1. The fraction of sp³-hybridized carbons (Fsp3) is 0.769. The van der Waals surface area contributed by atoms with Crippen LogP contribution in [-0.4, -0.2) is 59.1 Å². The third kappa shape index (κ3) is 2.96. The highest BCUT2D eigenvalue weighted by Crippen LogP contribution is 2.24. The summed E-state index contributed by atoms with van der Waals surface area (Å²) >= 11 is 5.95. The Kier molecular flexibility index (Phi) is 4.21. The molecule has 1 N–H and O–H groups in total. The minimum atomic E-state index is 0.251. The Morgan fingerprint density at radius 1 is 1.10 bits per heavy atom. The molecule has 0 bridgehead atoms. The minimum absolute atomic E-state index is 0.251. The molecule has 20 heavy (non-hydrogen) atoms. The van der Waals surface area contributed by atoms with Crippen LogP contribution in [-0.2, 0) is 0 Å². The molecule has 0 radical (unpaired) electrons.